The maximum Gasteiger partial charge on any atom is 0.324 e. The van der Waals surface area contributed by atoms with Crippen molar-refractivity contribution in [3.05, 3.63) is 60.3 Å². The molecule has 3 rings (SSSR count). The number of aromatic nitrogens is 1. The number of ether oxygens (including phenoxy) is 2. The number of hydrogen-bond donors (Lipinski definition) is 1. The average Bonchev–Trinajstić information content (AvgIpc) is 3.10. The Labute approximate surface area is 172 Å². The Morgan fingerprint density at radius 2 is 1.69 bits per heavy atom. The largest absolute Gasteiger partial charge is 0.462 e. The normalized spacial score (nSPS) is 17.7. The van der Waals surface area contributed by atoms with Gasteiger partial charge in [0.25, 0.3) is 0 Å². The molecule has 1 heterocycles. The van der Waals surface area contributed by atoms with Crippen LogP contribution in [0.5, 0.6) is 0 Å². The average molecular weight is 395 g/mol. The van der Waals surface area contributed by atoms with Crippen LogP contribution in [0.2, 0.25) is 0 Å². The third kappa shape index (κ3) is 4.14. The maximum atomic E-state index is 13.1. The molecular weight excluding hydrogens is 366 g/mol. The van der Waals surface area contributed by atoms with Crippen LogP contribution in [-0.4, -0.2) is 29.1 Å². The fourth-order valence-electron chi connectivity index (χ4n) is 3.88. The summed E-state index contributed by atoms with van der Waals surface area (Å²) in [6.07, 6.45) is 1.65. The third-order valence-corrected chi connectivity index (χ3v) is 5.22. The van der Waals surface area contributed by atoms with Crippen LogP contribution >= 0.6 is 0 Å². The molecule has 1 aliphatic carbocycles. The Hall–Kier alpha value is -2.82. The summed E-state index contributed by atoms with van der Waals surface area (Å²) in [5.74, 6) is -1.23. The number of aromatic amines is 1. The number of H-pyrrole nitrogens is 1. The number of benzene rings is 1. The van der Waals surface area contributed by atoms with Crippen molar-refractivity contribution < 1.29 is 19.1 Å². The van der Waals surface area contributed by atoms with Gasteiger partial charge in [0, 0.05) is 23.7 Å². The van der Waals surface area contributed by atoms with Crippen LogP contribution in [0.3, 0.4) is 0 Å². The molecule has 5 nitrogen and oxygen atoms in total. The number of allylic oxidation sites excluding steroid dienone is 1. The first-order valence-electron chi connectivity index (χ1n) is 10.1. The molecule has 1 atom stereocenters. The van der Waals surface area contributed by atoms with E-state index in [0.29, 0.717) is 0 Å². The molecule has 0 spiro atoms. The zero-order chi connectivity index (χ0) is 21.2. The van der Waals surface area contributed by atoms with Crippen molar-refractivity contribution >= 4 is 11.9 Å². The van der Waals surface area contributed by atoms with Gasteiger partial charge in [0.2, 0.25) is 0 Å². The molecule has 0 unspecified atom stereocenters. The lowest BCUT2D eigenvalue weighted by Crippen LogP contribution is -2.48. The highest BCUT2D eigenvalue weighted by molar-refractivity contribution is 6.01. The van der Waals surface area contributed by atoms with E-state index in [0.717, 1.165) is 22.5 Å². The molecule has 29 heavy (non-hydrogen) atoms. The zero-order valence-corrected chi connectivity index (χ0v) is 17.5. The molecule has 5 heteroatoms. The summed E-state index contributed by atoms with van der Waals surface area (Å²) in [5.41, 5.74) is 2.52. The molecule has 1 N–H and O–H groups in total. The Balaban J connectivity index is 2.06. The van der Waals surface area contributed by atoms with Crippen molar-refractivity contribution in [2.24, 2.45) is 5.41 Å². The second-order valence-electron chi connectivity index (χ2n) is 8.20. The molecule has 0 amide bonds. The first-order valence-corrected chi connectivity index (χ1v) is 10.1. The summed E-state index contributed by atoms with van der Waals surface area (Å²) in [6, 6.07) is 12.0. The lowest BCUT2D eigenvalue weighted by Gasteiger charge is -2.36. The van der Waals surface area contributed by atoms with Crippen LogP contribution in [0.1, 0.15) is 51.3 Å². The predicted octanol–water partition coefficient (Wildman–Crippen LogP) is 4.79. The second-order valence-corrected chi connectivity index (χ2v) is 8.20. The molecule has 0 fully saturated rings. The van der Waals surface area contributed by atoms with E-state index in [1.165, 1.54) is 0 Å². The summed E-state index contributed by atoms with van der Waals surface area (Å²) in [6.45, 7) is 11.1. The smallest absolute Gasteiger partial charge is 0.324 e. The van der Waals surface area contributed by atoms with Crippen molar-refractivity contribution in [1.82, 2.24) is 4.98 Å². The first-order chi connectivity index (χ1) is 13.8. The highest BCUT2D eigenvalue weighted by Gasteiger charge is 2.54. The topological polar surface area (TPSA) is 68.4 Å². The van der Waals surface area contributed by atoms with Crippen molar-refractivity contribution in [3.8, 4) is 11.3 Å². The van der Waals surface area contributed by atoms with Crippen LogP contribution in [0.4, 0.5) is 0 Å². The van der Waals surface area contributed by atoms with Crippen molar-refractivity contribution in [2.75, 3.05) is 0 Å². The Kier molecular flexibility index (Phi) is 5.96. The van der Waals surface area contributed by atoms with Gasteiger partial charge >= 0.3 is 11.9 Å². The van der Waals surface area contributed by atoms with Gasteiger partial charge in [-0.15, -0.1) is 6.58 Å². The molecule has 1 aromatic heterocycles. The van der Waals surface area contributed by atoms with Gasteiger partial charge in [-0.1, -0.05) is 36.4 Å². The zero-order valence-electron chi connectivity index (χ0n) is 17.5. The van der Waals surface area contributed by atoms with Crippen LogP contribution in [0, 0.1) is 5.41 Å². The number of carbonyl (C=O) groups is 2. The molecule has 0 saturated carbocycles. The van der Waals surface area contributed by atoms with E-state index < -0.39 is 17.4 Å². The fourth-order valence-corrected chi connectivity index (χ4v) is 3.88. The summed E-state index contributed by atoms with van der Waals surface area (Å²) in [5, 5.41) is 0. The number of nitrogens with one attached hydrogen (secondary N) is 1. The van der Waals surface area contributed by atoms with Gasteiger partial charge in [-0.25, -0.2) is 0 Å². The molecule has 154 valence electrons. The Morgan fingerprint density at radius 1 is 1.10 bits per heavy atom. The number of rotatable bonds is 6. The second kappa shape index (κ2) is 8.27. The van der Waals surface area contributed by atoms with E-state index in [9.17, 15) is 9.59 Å². The monoisotopic (exact) mass is 395 g/mol. The summed E-state index contributed by atoms with van der Waals surface area (Å²) >= 11 is 0. The van der Waals surface area contributed by atoms with Gasteiger partial charge in [0.05, 0.1) is 12.2 Å². The summed E-state index contributed by atoms with van der Waals surface area (Å²) in [4.78, 5) is 29.7. The molecule has 0 bridgehead atoms. The van der Waals surface area contributed by atoms with Gasteiger partial charge < -0.3 is 14.5 Å². The molecule has 0 radical (unpaired) electrons. The van der Waals surface area contributed by atoms with Crippen molar-refractivity contribution in [3.63, 3.8) is 0 Å². The van der Waals surface area contributed by atoms with E-state index >= 15 is 0 Å². The summed E-state index contributed by atoms with van der Waals surface area (Å²) in [7, 11) is 0. The summed E-state index contributed by atoms with van der Waals surface area (Å²) < 4.78 is 11.0. The lowest BCUT2D eigenvalue weighted by atomic mass is 9.68. The maximum absolute atomic E-state index is 13.1. The molecule has 2 aromatic rings. The van der Waals surface area contributed by atoms with Crippen LogP contribution < -0.4 is 0 Å². The van der Waals surface area contributed by atoms with Gasteiger partial charge in [0.1, 0.15) is 0 Å². The van der Waals surface area contributed by atoms with Crippen molar-refractivity contribution in [2.45, 2.75) is 58.7 Å². The van der Waals surface area contributed by atoms with Crippen molar-refractivity contribution in [1.29, 1.82) is 0 Å². The van der Waals surface area contributed by atoms with E-state index in [2.05, 4.69) is 17.6 Å². The Morgan fingerprint density at radius 3 is 2.21 bits per heavy atom. The number of fused-ring (bicyclic) bond motifs is 1. The van der Waals surface area contributed by atoms with Crippen LogP contribution in [0.25, 0.3) is 11.3 Å². The molecule has 0 saturated heterocycles. The Bertz CT molecular complexity index is 873. The SMILES string of the molecule is C=C[C@H]1CC(C(=O)OC(C)C)(C(=O)OC(C)C)Cc2[nH]c(-c3ccccc3)cc21. The van der Waals surface area contributed by atoms with E-state index in [1.54, 1.807) is 33.8 Å². The van der Waals surface area contributed by atoms with Gasteiger partial charge in [0.15, 0.2) is 5.41 Å². The van der Waals surface area contributed by atoms with E-state index in [4.69, 9.17) is 9.47 Å². The number of esters is 2. The fraction of sp³-hybridized carbons (Fsp3) is 0.417. The molecule has 0 aliphatic heterocycles. The first kappa shape index (κ1) is 20.9. The van der Waals surface area contributed by atoms with Crippen LogP contribution in [0.15, 0.2) is 49.1 Å². The standard InChI is InChI=1S/C24H29NO4/c1-6-17-13-24(22(26)28-15(2)3,23(27)29-16(4)5)14-21-19(17)12-20(25-21)18-10-8-7-9-11-18/h6-12,15-17,25H,1,13-14H2,2-5H3/t17-/m0/s1. The third-order valence-electron chi connectivity index (χ3n) is 5.22. The highest BCUT2D eigenvalue weighted by Crippen LogP contribution is 2.46. The minimum atomic E-state index is -1.39. The van der Waals surface area contributed by atoms with E-state index in [1.807, 2.05) is 30.3 Å². The molecule has 1 aliphatic rings. The van der Waals surface area contributed by atoms with Gasteiger partial charge in [-0.3, -0.25) is 9.59 Å². The minimum absolute atomic E-state index is 0.160. The predicted molar refractivity (Wildman–Crippen MR) is 112 cm³/mol. The minimum Gasteiger partial charge on any atom is -0.462 e. The quantitative estimate of drug-likeness (QED) is 0.434. The highest BCUT2D eigenvalue weighted by atomic mass is 16.6. The van der Waals surface area contributed by atoms with Gasteiger partial charge in [-0.2, -0.15) is 0 Å². The lowest BCUT2D eigenvalue weighted by molar-refractivity contribution is -0.178. The number of hydrogen-bond acceptors (Lipinski definition) is 4. The van der Waals surface area contributed by atoms with Crippen LogP contribution in [-0.2, 0) is 25.5 Å². The molecule has 1 aromatic carbocycles. The van der Waals surface area contributed by atoms with Gasteiger partial charge in [-0.05, 0) is 51.3 Å². The van der Waals surface area contributed by atoms with E-state index in [-0.39, 0.29) is 31.0 Å². The molecular formula is C24H29NO4. The number of carbonyl (C=O) groups excluding carboxylic acids is 2.